The van der Waals surface area contributed by atoms with Crippen LogP contribution in [0.1, 0.15) is 57.7 Å². The monoisotopic (exact) mass is 488 g/mol. The molecule has 1 aromatic rings. The Balaban J connectivity index is 0.00000210. The molecule has 4 rings (SSSR count). The van der Waals surface area contributed by atoms with Crippen molar-refractivity contribution in [2.45, 2.75) is 71.4 Å². The van der Waals surface area contributed by atoms with Crippen LogP contribution in [0.15, 0.2) is 9.79 Å². The van der Waals surface area contributed by atoms with Crippen LogP contribution in [-0.2, 0) is 19.5 Å². The molecule has 2 fully saturated rings. The highest BCUT2D eigenvalue weighted by molar-refractivity contribution is 14.0. The fourth-order valence-corrected chi connectivity index (χ4v) is 4.63. The predicted molar refractivity (Wildman–Crippen MR) is 118 cm³/mol. The Morgan fingerprint density at radius 1 is 1.22 bits per heavy atom. The Bertz CT molecular complexity index is 720. The Labute approximate surface area is 178 Å². The van der Waals surface area contributed by atoms with E-state index in [0.29, 0.717) is 12.0 Å². The van der Waals surface area contributed by atoms with Gasteiger partial charge in [0.05, 0.1) is 0 Å². The van der Waals surface area contributed by atoms with Crippen molar-refractivity contribution in [3.63, 3.8) is 0 Å². The summed E-state index contributed by atoms with van der Waals surface area (Å²) < 4.78 is 3.49. The highest BCUT2D eigenvalue weighted by atomic mass is 127. The molecule has 0 aromatic carbocycles. The summed E-state index contributed by atoms with van der Waals surface area (Å²) >= 11 is 0. The van der Waals surface area contributed by atoms with Gasteiger partial charge in [-0.25, -0.2) is 9.48 Å². The minimum Gasteiger partial charge on any atom is -0.357 e. The molecule has 0 atom stereocenters. The first-order valence-corrected chi connectivity index (χ1v) is 10.4. The lowest BCUT2D eigenvalue weighted by Gasteiger charge is -2.38. The van der Waals surface area contributed by atoms with E-state index < -0.39 is 0 Å². The molecule has 1 saturated carbocycles. The second-order valence-electron chi connectivity index (χ2n) is 8.15. The summed E-state index contributed by atoms with van der Waals surface area (Å²) in [5, 5.41) is 7.96. The van der Waals surface area contributed by atoms with Crippen LogP contribution in [0.2, 0.25) is 0 Å². The van der Waals surface area contributed by atoms with Crippen molar-refractivity contribution in [3.05, 3.63) is 16.3 Å². The van der Waals surface area contributed by atoms with Crippen molar-refractivity contribution in [2.24, 2.45) is 10.4 Å². The van der Waals surface area contributed by atoms with E-state index in [0.717, 1.165) is 70.2 Å². The van der Waals surface area contributed by atoms with Gasteiger partial charge in [0.1, 0.15) is 5.82 Å². The summed E-state index contributed by atoms with van der Waals surface area (Å²) in [6.07, 6.45) is 9.49. The molecule has 3 heterocycles. The molecule has 2 aliphatic heterocycles. The summed E-state index contributed by atoms with van der Waals surface area (Å²) in [6.45, 7) is 7.53. The third-order valence-electron chi connectivity index (χ3n) is 6.31. The minimum atomic E-state index is 0. The van der Waals surface area contributed by atoms with Crippen LogP contribution in [0.3, 0.4) is 0 Å². The van der Waals surface area contributed by atoms with Crippen molar-refractivity contribution in [1.82, 2.24) is 24.6 Å². The molecule has 3 aliphatic rings. The average Bonchev–Trinajstić information content (AvgIpc) is 3.21. The number of aliphatic imine (C=N–C) groups is 1. The van der Waals surface area contributed by atoms with E-state index >= 15 is 0 Å². The van der Waals surface area contributed by atoms with E-state index in [1.807, 2.05) is 4.57 Å². The molecule has 0 unspecified atom stereocenters. The van der Waals surface area contributed by atoms with Gasteiger partial charge < -0.3 is 10.2 Å². The summed E-state index contributed by atoms with van der Waals surface area (Å²) in [5.74, 6) is 2.01. The molecular formula is C19H33IN6O. The minimum absolute atomic E-state index is 0. The van der Waals surface area contributed by atoms with Crippen LogP contribution in [-0.4, -0.2) is 51.4 Å². The maximum Gasteiger partial charge on any atom is 0.345 e. The van der Waals surface area contributed by atoms with Crippen LogP contribution in [0.25, 0.3) is 0 Å². The Morgan fingerprint density at radius 3 is 2.74 bits per heavy atom. The Morgan fingerprint density at radius 2 is 2.07 bits per heavy atom. The lowest BCUT2D eigenvalue weighted by atomic mass is 9.68. The summed E-state index contributed by atoms with van der Waals surface area (Å²) in [5.41, 5.74) is 0.640. The number of nitrogens with zero attached hydrogens (tertiary/aromatic N) is 5. The second-order valence-corrected chi connectivity index (χ2v) is 8.15. The van der Waals surface area contributed by atoms with Crippen molar-refractivity contribution in [2.75, 3.05) is 26.2 Å². The van der Waals surface area contributed by atoms with Gasteiger partial charge in [-0.15, -0.1) is 24.0 Å². The van der Waals surface area contributed by atoms with E-state index in [2.05, 4.69) is 22.2 Å². The van der Waals surface area contributed by atoms with Crippen molar-refractivity contribution in [3.8, 4) is 0 Å². The molecule has 1 N–H and O–H groups in total. The molecule has 0 bridgehead atoms. The molecule has 0 amide bonds. The number of aryl methyl sites for hydroxylation is 2. The average molecular weight is 488 g/mol. The maximum absolute atomic E-state index is 12.4. The zero-order valence-corrected chi connectivity index (χ0v) is 18.8. The topological polar surface area (TPSA) is 67.5 Å². The van der Waals surface area contributed by atoms with Gasteiger partial charge in [0.2, 0.25) is 0 Å². The predicted octanol–water partition coefficient (Wildman–Crippen LogP) is 2.23. The van der Waals surface area contributed by atoms with Gasteiger partial charge in [-0.05, 0) is 50.9 Å². The quantitative estimate of drug-likeness (QED) is 0.299. The maximum atomic E-state index is 12.4. The van der Waals surface area contributed by atoms with Gasteiger partial charge in [-0.3, -0.25) is 9.56 Å². The molecule has 27 heavy (non-hydrogen) atoms. The van der Waals surface area contributed by atoms with Gasteiger partial charge in [-0.1, -0.05) is 6.42 Å². The van der Waals surface area contributed by atoms with E-state index in [1.165, 1.54) is 25.7 Å². The van der Waals surface area contributed by atoms with E-state index in [9.17, 15) is 4.79 Å². The fourth-order valence-electron chi connectivity index (χ4n) is 4.63. The van der Waals surface area contributed by atoms with Crippen LogP contribution >= 0.6 is 24.0 Å². The Hall–Kier alpha value is -1.06. The van der Waals surface area contributed by atoms with Crippen molar-refractivity contribution in [1.29, 1.82) is 0 Å². The first-order valence-electron chi connectivity index (χ1n) is 10.4. The number of nitrogens with one attached hydrogen (secondary N) is 1. The van der Waals surface area contributed by atoms with E-state index in [1.54, 1.807) is 4.68 Å². The molecule has 0 radical (unpaired) electrons. The molecule has 1 aromatic heterocycles. The first-order chi connectivity index (χ1) is 12.7. The fraction of sp³-hybridized carbons (Fsp3) is 0.842. The third-order valence-corrected chi connectivity index (χ3v) is 6.31. The molecule has 1 spiro atoms. The number of hydrogen-bond donors (Lipinski definition) is 1. The van der Waals surface area contributed by atoms with E-state index in [-0.39, 0.29) is 29.7 Å². The van der Waals surface area contributed by atoms with Gasteiger partial charge in [0, 0.05) is 45.7 Å². The number of fused-ring (bicyclic) bond motifs is 1. The number of rotatable bonds is 5. The highest BCUT2D eigenvalue weighted by Gasteiger charge is 2.43. The van der Waals surface area contributed by atoms with Gasteiger partial charge in [0.25, 0.3) is 0 Å². The SMILES string of the molecule is CCNC(=NCCCn1nc2n(c1=O)CCCC2)N1CCC2(CCC2)C1.I. The lowest BCUT2D eigenvalue weighted by Crippen LogP contribution is -2.42. The summed E-state index contributed by atoms with van der Waals surface area (Å²) in [7, 11) is 0. The number of aromatic nitrogens is 3. The Kier molecular flexibility index (Phi) is 6.86. The second kappa shape index (κ2) is 8.96. The molecular weight excluding hydrogens is 455 g/mol. The largest absolute Gasteiger partial charge is 0.357 e. The zero-order valence-electron chi connectivity index (χ0n) is 16.5. The standard InChI is InChI=1S/C19H32N6O.HI/c1-2-20-17(23-14-10-19(15-23)8-5-9-19)21-11-6-13-25-18(26)24-12-4-3-7-16(24)22-25;/h2-15H2,1H3,(H,20,21);1H. The number of guanidine groups is 1. The number of likely N-dealkylation sites (tertiary alicyclic amines) is 1. The van der Waals surface area contributed by atoms with Gasteiger partial charge in [0.15, 0.2) is 5.96 Å². The van der Waals surface area contributed by atoms with Crippen molar-refractivity contribution < 1.29 is 0 Å². The highest BCUT2D eigenvalue weighted by Crippen LogP contribution is 2.47. The van der Waals surface area contributed by atoms with Crippen LogP contribution in [0, 0.1) is 5.41 Å². The molecule has 7 nitrogen and oxygen atoms in total. The van der Waals surface area contributed by atoms with Crippen LogP contribution < -0.4 is 11.0 Å². The number of hydrogen-bond acceptors (Lipinski definition) is 3. The lowest BCUT2D eigenvalue weighted by molar-refractivity contribution is 0.151. The molecule has 1 saturated heterocycles. The normalized spacial score (nSPS) is 20.9. The summed E-state index contributed by atoms with van der Waals surface area (Å²) in [6, 6.07) is 0. The molecule has 8 heteroatoms. The van der Waals surface area contributed by atoms with Gasteiger partial charge >= 0.3 is 5.69 Å². The summed E-state index contributed by atoms with van der Waals surface area (Å²) in [4.78, 5) is 19.6. The molecule has 152 valence electrons. The zero-order chi connectivity index (χ0) is 18.0. The first kappa shape index (κ1) is 20.7. The van der Waals surface area contributed by atoms with Crippen LogP contribution in [0.5, 0.6) is 0 Å². The molecule has 1 aliphatic carbocycles. The third kappa shape index (κ3) is 4.35. The number of halogens is 1. The van der Waals surface area contributed by atoms with Crippen molar-refractivity contribution >= 4 is 29.9 Å². The van der Waals surface area contributed by atoms with E-state index in [4.69, 9.17) is 4.99 Å². The van der Waals surface area contributed by atoms with Gasteiger partial charge in [-0.2, -0.15) is 5.10 Å². The smallest absolute Gasteiger partial charge is 0.345 e. The van der Waals surface area contributed by atoms with Crippen LogP contribution in [0.4, 0.5) is 0 Å².